The van der Waals surface area contributed by atoms with Crippen LogP contribution < -0.4 is 0 Å². The molecule has 0 aliphatic rings. The van der Waals surface area contributed by atoms with Crippen LogP contribution in [0.2, 0.25) is 0 Å². The Hall–Kier alpha value is -1.78. The van der Waals surface area contributed by atoms with Gasteiger partial charge in [-0.15, -0.1) is 0 Å². The molecule has 0 heterocycles. The van der Waals surface area contributed by atoms with Crippen LogP contribution in [0.1, 0.15) is 18.4 Å². The molecule has 0 saturated heterocycles. The maximum absolute atomic E-state index is 8.67. The Balaban J connectivity index is 2.32. The monoisotopic (exact) mass is 210 g/mol. The quantitative estimate of drug-likeness (QED) is 0.597. The standard InChI is InChI=1S/C15H14O/c16-12-5-1-2-7-13-9-6-10-14-8-3-4-11-15(13)14/h3-4,6,8-11,16H,1,5,12H2. The van der Waals surface area contributed by atoms with Gasteiger partial charge in [-0.3, -0.25) is 0 Å². The first-order valence-corrected chi connectivity index (χ1v) is 5.49. The molecule has 0 aliphatic carbocycles. The predicted octanol–water partition coefficient (Wildman–Crippen LogP) is 2.96. The van der Waals surface area contributed by atoms with Crippen LogP contribution in [0, 0.1) is 11.8 Å². The van der Waals surface area contributed by atoms with Crippen molar-refractivity contribution in [3.05, 3.63) is 48.0 Å². The first-order valence-electron chi connectivity index (χ1n) is 5.49. The maximum atomic E-state index is 8.67. The largest absolute Gasteiger partial charge is 0.396 e. The zero-order valence-electron chi connectivity index (χ0n) is 9.11. The molecule has 2 aromatic rings. The summed E-state index contributed by atoms with van der Waals surface area (Å²) in [5, 5.41) is 11.1. The van der Waals surface area contributed by atoms with Gasteiger partial charge in [0.2, 0.25) is 0 Å². The number of benzene rings is 2. The van der Waals surface area contributed by atoms with Crippen LogP contribution in [0.25, 0.3) is 10.8 Å². The SMILES string of the molecule is OCCCC#Cc1cccc2ccccc12. The van der Waals surface area contributed by atoms with E-state index in [1.165, 1.54) is 10.8 Å². The highest BCUT2D eigenvalue weighted by Gasteiger charge is 1.95. The van der Waals surface area contributed by atoms with Crippen molar-refractivity contribution in [2.24, 2.45) is 0 Å². The maximum Gasteiger partial charge on any atom is 0.0440 e. The van der Waals surface area contributed by atoms with Gasteiger partial charge in [0, 0.05) is 18.6 Å². The molecule has 0 spiro atoms. The van der Waals surface area contributed by atoms with Gasteiger partial charge in [0.15, 0.2) is 0 Å². The molecule has 2 aromatic carbocycles. The molecule has 1 N–H and O–H groups in total. The van der Waals surface area contributed by atoms with E-state index in [-0.39, 0.29) is 6.61 Å². The van der Waals surface area contributed by atoms with Crippen LogP contribution >= 0.6 is 0 Å². The third kappa shape index (κ3) is 2.42. The fraction of sp³-hybridized carbons (Fsp3) is 0.200. The number of hydrogen-bond donors (Lipinski definition) is 1. The molecule has 0 amide bonds. The van der Waals surface area contributed by atoms with E-state index in [4.69, 9.17) is 5.11 Å². The van der Waals surface area contributed by atoms with Crippen LogP contribution in [0.3, 0.4) is 0 Å². The lowest BCUT2D eigenvalue weighted by Gasteiger charge is -1.99. The Morgan fingerprint density at radius 1 is 1.00 bits per heavy atom. The summed E-state index contributed by atoms with van der Waals surface area (Å²) in [6.45, 7) is 0.213. The zero-order chi connectivity index (χ0) is 11.2. The van der Waals surface area contributed by atoms with Gasteiger partial charge < -0.3 is 5.11 Å². The third-order valence-corrected chi connectivity index (χ3v) is 2.47. The van der Waals surface area contributed by atoms with Crippen molar-refractivity contribution < 1.29 is 5.11 Å². The molecule has 0 aliphatic heterocycles. The molecule has 1 nitrogen and oxygen atoms in total. The van der Waals surface area contributed by atoms with Gasteiger partial charge in [0.25, 0.3) is 0 Å². The lowest BCUT2D eigenvalue weighted by Crippen LogP contribution is -1.81. The minimum absolute atomic E-state index is 0.213. The van der Waals surface area contributed by atoms with Gasteiger partial charge in [-0.1, -0.05) is 48.2 Å². The number of rotatable bonds is 2. The van der Waals surface area contributed by atoms with Crippen molar-refractivity contribution in [2.45, 2.75) is 12.8 Å². The number of aliphatic hydroxyl groups excluding tert-OH is 1. The Morgan fingerprint density at radius 3 is 2.69 bits per heavy atom. The minimum atomic E-state index is 0.213. The van der Waals surface area contributed by atoms with Gasteiger partial charge in [0.1, 0.15) is 0 Å². The highest BCUT2D eigenvalue weighted by atomic mass is 16.2. The van der Waals surface area contributed by atoms with Crippen molar-refractivity contribution in [1.29, 1.82) is 0 Å². The van der Waals surface area contributed by atoms with Crippen molar-refractivity contribution in [1.82, 2.24) is 0 Å². The van der Waals surface area contributed by atoms with E-state index in [2.05, 4.69) is 30.0 Å². The summed E-state index contributed by atoms with van der Waals surface area (Å²) in [5.74, 6) is 6.25. The first-order chi connectivity index (χ1) is 7.92. The van der Waals surface area contributed by atoms with E-state index in [0.29, 0.717) is 0 Å². The summed E-state index contributed by atoms with van der Waals surface area (Å²) in [6, 6.07) is 14.4. The first kappa shape index (κ1) is 10.7. The Labute approximate surface area is 95.7 Å². The molecule has 16 heavy (non-hydrogen) atoms. The minimum Gasteiger partial charge on any atom is -0.396 e. The van der Waals surface area contributed by atoms with E-state index in [1.54, 1.807) is 0 Å². The second-order valence-corrected chi connectivity index (χ2v) is 3.66. The molecule has 2 rings (SSSR count). The molecular formula is C15H14O. The Kier molecular flexibility index (Phi) is 3.58. The van der Waals surface area contributed by atoms with E-state index in [9.17, 15) is 0 Å². The molecule has 0 unspecified atom stereocenters. The van der Waals surface area contributed by atoms with Crippen molar-refractivity contribution in [3.8, 4) is 11.8 Å². The average Bonchev–Trinajstić information content (AvgIpc) is 2.35. The second-order valence-electron chi connectivity index (χ2n) is 3.66. The highest BCUT2D eigenvalue weighted by molar-refractivity contribution is 5.88. The van der Waals surface area contributed by atoms with Crippen LogP contribution in [-0.2, 0) is 0 Å². The summed E-state index contributed by atoms with van der Waals surface area (Å²) < 4.78 is 0. The molecule has 80 valence electrons. The van der Waals surface area contributed by atoms with Crippen molar-refractivity contribution >= 4 is 10.8 Å². The predicted molar refractivity (Wildman–Crippen MR) is 67.1 cm³/mol. The van der Waals surface area contributed by atoms with E-state index >= 15 is 0 Å². The van der Waals surface area contributed by atoms with Gasteiger partial charge in [-0.05, 0) is 23.3 Å². The molecule has 1 heteroatoms. The molecule has 0 fully saturated rings. The Bertz CT molecular complexity index is 526. The highest BCUT2D eigenvalue weighted by Crippen LogP contribution is 2.17. The normalized spacial score (nSPS) is 9.81. The number of fused-ring (bicyclic) bond motifs is 1. The second kappa shape index (κ2) is 5.34. The topological polar surface area (TPSA) is 20.2 Å². The molecule has 0 bridgehead atoms. The van der Waals surface area contributed by atoms with Gasteiger partial charge in [-0.2, -0.15) is 0 Å². The molecule has 0 radical (unpaired) electrons. The third-order valence-electron chi connectivity index (χ3n) is 2.47. The molecule has 0 aromatic heterocycles. The van der Waals surface area contributed by atoms with Crippen LogP contribution in [0.4, 0.5) is 0 Å². The lowest BCUT2D eigenvalue weighted by molar-refractivity contribution is 0.290. The van der Waals surface area contributed by atoms with Gasteiger partial charge in [-0.25, -0.2) is 0 Å². The lowest BCUT2D eigenvalue weighted by atomic mass is 10.0. The summed E-state index contributed by atoms with van der Waals surface area (Å²) in [5.41, 5.74) is 1.07. The average molecular weight is 210 g/mol. The summed E-state index contributed by atoms with van der Waals surface area (Å²) >= 11 is 0. The fourth-order valence-electron chi connectivity index (χ4n) is 1.66. The van der Waals surface area contributed by atoms with E-state index in [1.807, 2.05) is 24.3 Å². The van der Waals surface area contributed by atoms with Gasteiger partial charge in [0.05, 0.1) is 0 Å². The van der Waals surface area contributed by atoms with Crippen LogP contribution in [-0.4, -0.2) is 11.7 Å². The van der Waals surface area contributed by atoms with E-state index in [0.717, 1.165) is 18.4 Å². The number of hydrogen-bond acceptors (Lipinski definition) is 1. The molecule has 0 atom stereocenters. The van der Waals surface area contributed by atoms with Crippen LogP contribution in [0.5, 0.6) is 0 Å². The summed E-state index contributed by atoms with van der Waals surface area (Å²) in [4.78, 5) is 0. The fourth-order valence-corrected chi connectivity index (χ4v) is 1.66. The van der Waals surface area contributed by atoms with Gasteiger partial charge >= 0.3 is 0 Å². The zero-order valence-corrected chi connectivity index (χ0v) is 9.11. The molecular weight excluding hydrogens is 196 g/mol. The van der Waals surface area contributed by atoms with E-state index < -0.39 is 0 Å². The van der Waals surface area contributed by atoms with Crippen molar-refractivity contribution in [3.63, 3.8) is 0 Å². The smallest absolute Gasteiger partial charge is 0.0440 e. The Morgan fingerprint density at radius 2 is 1.81 bits per heavy atom. The van der Waals surface area contributed by atoms with Crippen molar-refractivity contribution in [2.75, 3.05) is 6.61 Å². The number of unbranched alkanes of at least 4 members (excludes halogenated alkanes) is 1. The van der Waals surface area contributed by atoms with Crippen LogP contribution in [0.15, 0.2) is 42.5 Å². The summed E-state index contributed by atoms with van der Waals surface area (Å²) in [7, 11) is 0. The number of aliphatic hydroxyl groups is 1. The molecule has 0 saturated carbocycles. The summed E-state index contributed by atoms with van der Waals surface area (Å²) in [6.07, 6.45) is 1.50.